The van der Waals surface area contributed by atoms with Gasteiger partial charge in [-0.2, -0.15) is 5.26 Å². The minimum atomic E-state index is -0.199. The zero-order valence-electron chi connectivity index (χ0n) is 13.0. The van der Waals surface area contributed by atoms with Crippen LogP contribution in [0.15, 0.2) is 11.8 Å². The van der Waals surface area contributed by atoms with Gasteiger partial charge in [0.1, 0.15) is 11.6 Å². The Bertz CT molecular complexity index is 432. The van der Waals surface area contributed by atoms with Gasteiger partial charge < -0.3 is 20.7 Å². The number of carbonyl (C=O) groups excluding carboxylic acids is 1. The summed E-state index contributed by atoms with van der Waals surface area (Å²) in [6.07, 6.45) is 3.81. The van der Waals surface area contributed by atoms with Gasteiger partial charge in [-0.25, -0.2) is 0 Å². The molecule has 0 aromatic carbocycles. The van der Waals surface area contributed by atoms with Crippen molar-refractivity contribution < 1.29 is 9.53 Å². The molecule has 0 radical (unpaired) electrons. The zero-order valence-corrected chi connectivity index (χ0v) is 13.0. The van der Waals surface area contributed by atoms with Crippen LogP contribution in [0, 0.1) is 11.3 Å². The van der Waals surface area contributed by atoms with Gasteiger partial charge in [-0.05, 0) is 12.8 Å². The normalized spacial score (nSPS) is 23.4. The summed E-state index contributed by atoms with van der Waals surface area (Å²) in [6.45, 7) is 5.83. The summed E-state index contributed by atoms with van der Waals surface area (Å²) in [6, 6.07) is 1.99. The number of nitrogens with one attached hydrogen (secondary N) is 1. The molecule has 0 aromatic heterocycles. The highest BCUT2D eigenvalue weighted by Gasteiger charge is 2.23. The highest BCUT2D eigenvalue weighted by atomic mass is 16.5. The molecular weight excluding hydrogens is 282 g/mol. The van der Waals surface area contributed by atoms with E-state index in [1.54, 1.807) is 4.90 Å². The summed E-state index contributed by atoms with van der Waals surface area (Å²) in [7, 11) is 0. The second-order valence-electron chi connectivity index (χ2n) is 5.64. The number of ether oxygens (including phenoxy) is 1. The predicted molar refractivity (Wildman–Crippen MR) is 82.7 cm³/mol. The van der Waals surface area contributed by atoms with E-state index in [1.165, 1.54) is 6.20 Å². The number of amides is 1. The van der Waals surface area contributed by atoms with E-state index in [-0.39, 0.29) is 17.6 Å². The van der Waals surface area contributed by atoms with E-state index < -0.39 is 0 Å². The molecule has 0 bridgehead atoms. The SMILES string of the molecule is N#C/C(=C/NCC1CCCO1)C(=O)N1CCN(CCN)CC1. The summed E-state index contributed by atoms with van der Waals surface area (Å²) in [5.41, 5.74) is 5.69. The van der Waals surface area contributed by atoms with Crippen LogP contribution in [0.4, 0.5) is 0 Å². The van der Waals surface area contributed by atoms with E-state index in [9.17, 15) is 10.1 Å². The van der Waals surface area contributed by atoms with Gasteiger partial charge in [0.15, 0.2) is 0 Å². The first-order chi connectivity index (χ1) is 10.7. The zero-order chi connectivity index (χ0) is 15.8. The van der Waals surface area contributed by atoms with Crippen LogP contribution in [0.2, 0.25) is 0 Å². The molecule has 2 aliphatic rings. The molecule has 2 saturated heterocycles. The smallest absolute Gasteiger partial charge is 0.266 e. The van der Waals surface area contributed by atoms with Crippen LogP contribution in [0.1, 0.15) is 12.8 Å². The average molecular weight is 307 g/mol. The lowest BCUT2D eigenvalue weighted by Crippen LogP contribution is -2.50. The van der Waals surface area contributed by atoms with Crippen molar-refractivity contribution in [1.29, 1.82) is 5.26 Å². The highest BCUT2D eigenvalue weighted by molar-refractivity contribution is 5.97. The van der Waals surface area contributed by atoms with Crippen molar-refractivity contribution in [3.05, 3.63) is 11.8 Å². The van der Waals surface area contributed by atoms with E-state index in [0.29, 0.717) is 26.2 Å². The van der Waals surface area contributed by atoms with Gasteiger partial charge in [0, 0.05) is 58.6 Å². The fraction of sp³-hybridized carbons (Fsp3) is 0.733. The van der Waals surface area contributed by atoms with Gasteiger partial charge in [0.05, 0.1) is 6.10 Å². The number of piperazine rings is 1. The Balaban J connectivity index is 1.79. The molecule has 1 amide bonds. The van der Waals surface area contributed by atoms with Crippen molar-refractivity contribution in [3.63, 3.8) is 0 Å². The molecule has 2 heterocycles. The fourth-order valence-electron chi connectivity index (χ4n) is 2.77. The lowest BCUT2D eigenvalue weighted by atomic mass is 10.2. The van der Waals surface area contributed by atoms with Crippen LogP contribution in [0.25, 0.3) is 0 Å². The summed E-state index contributed by atoms with van der Waals surface area (Å²) >= 11 is 0. The lowest BCUT2D eigenvalue weighted by Gasteiger charge is -2.34. The fourth-order valence-corrected chi connectivity index (χ4v) is 2.77. The van der Waals surface area contributed by atoms with Crippen molar-refractivity contribution in [2.24, 2.45) is 5.73 Å². The topological polar surface area (TPSA) is 94.6 Å². The molecule has 22 heavy (non-hydrogen) atoms. The average Bonchev–Trinajstić information content (AvgIpc) is 3.05. The first kappa shape index (κ1) is 16.7. The molecule has 2 aliphatic heterocycles. The van der Waals surface area contributed by atoms with Crippen molar-refractivity contribution in [1.82, 2.24) is 15.1 Å². The molecule has 0 aromatic rings. The van der Waals surface area contributed by atoms with Crippen LogP contribution < -0.4 is 11.1 Å². The highest BCUT2D eigenvalue weighted by Crippen LogP contribution is 2.11. The number of nitrogens with zero attached hydrogens (tertiary/aromatic N) is 3. The molecule has 0 spiro atoms. The predicted octanol–water partition coefficient (Wildman–Crippen LogP) is -0.735. The summed E-state index contributed by atoms with van der Waals surface area (Å²) in [5.74, 6) is -0.199. The largest absolute Gasteiger partial charge is 0.387 e. The van der Waals surface area contributed by atoms with E-state index in [2.05, 4.69) is 10.2 Å². The monoisotopic (exact) mass is 307 g/mol. The minimum Gasteiger partial charge on any atom is -0.387 e. The molecule has 122 valence electrons. The van der Waals surface area contributed by atoms with Crippen LogP contribution in [0.5, 0.6) is 0 Å². The Morgan fingerprint density at radius 3 is 2.77 bits per heavy atom. The number of nitrogens with two attached hydrogens (primary N) is 1. The first-order valence-electron chi connectivity index (χ1n) is 7.91. The number of nitriles is 1. The second-order valence-corrected chi connectivity index (χ2v) is 5.64. The van der Waals surface area contributed by atoms with Gasteiger partial charge in [-0.1, -0.05) is 0 Å². The Hall–Kier alpha value is -1.62. The number of rotatable bonds is 6. The van der Waals surface area contributed by atoms with Crippen molar-refractivity contribution in [3.8, 4) is 6.07 Å². The Labute approximate surface area is 131 Å². The molecule has 7 heteroatoms. The van der Waals surface area contributed by atoms with Crippen LogP contribution in [0.3, 0.4) is 0 Å². The number of hydrogen-bond donors (Lipinski definition) is 2. The van der Waals surface area contributed by atoms with E-state index >= 15 is 0 Å². The van der Waals surface area contributed by atoms with Crippen molar-refractivity contribution in [2.75, 3.05) is 52.4 Å². The third kappa shape index (κ3) is 4.70. The van der Waals surface area contributed by atoms with Gasteiger partial charge >= 0.3 is 0 Å². The Morgan fingerprint density at radius 2 is 2.18 bits per heavy atom. The summed E-state index contributed by atoms with van der Waals surface area (Å²) < 4.78 is 5.49. The first-order valence-corrected chi connectivity index (χ1v) is 7.91. The maximum atomic E-state index is 12.3. The Kier molecular flexibility index (Phi) is 6.65. The Morgan fingerprint density at radius 1 is 1.41 bits per heavy atom. The van der Waals surface area contributed by atoms with Crippen LogP contribution in [-0.2, 0) is 9.53 Å². The number of hydrogen-bond acceptors (Lipinski definition) is 6. The molecule has 7 nitrogen and oxygen atoms in total. The van der Waals surface area contributed by atoms with Gasteiger partial charge in [-0.15, -0.1) is 0 Å². The minimum absolute atomic E-state index is 0.158. The van der Waals surface area contributed by atoms with Crippen molar-refractivity contribution in [2.45, 2.75) is 18.9 Å². The molecule has 2 rings (SSSR count). The molecule has 0 aliphatic carbocycles. The van der Waals surface area contributed by atoms with E-state index in [0.717, 1.165) is 39.1 Å². The molecule has 1 atom stereocenters. The molecule has 2 fully saturated rings. The van der Waals surface area contributed by atoms with E-state index in [1.807, 2.05) is 6.07 Å². The van der Waals surface area contributed by atoms with Gasteiger partial charge in [-0.3, -0.25) is 9.69 Å². The van der Waals surface area contributed by atoms with Crippen LogP contribution >= 0.6 is 0 Å². The maximum Gasteiger partial charge on any atom is 0.266 e. The van der Waals surface area contributed by atoms with E-state index in [4.69, 9.17) is 10.5 Å². The second kappa shape index (κ2) is 8.73. The molecule has 1 unspecified atom stereocenters. The summed E-state index contributed by atoms with van der Waals surface area (Å²) in [4.78, 5) is 16.3. The van der Waals surface area contributed by atoms with Crippen LogP contribution in [-0.4, -0.2) is 74.2 Å². The lowest BCUT2D eigenvalue weighted by molar-refractivity contribution is -0.128. The summed E-state index contributed by atoms with van der Waals surface area (Å²) in [5, 5.41) is 12.2. The standard InChI is InChI=1S/C15H25N5O2/c16-3-4-19-5-7-20(8-6-19)15(21)13(10-17)11-18-12-14-2-1-9-22-14/h11,14,18H,1-9,12,16H2/b13-11-. The van der Waals surface area contributed by atoms with Crippen molar-refractivity contribution >= 4 is 5.91 Å². The number of carbonyl (C=O) groups is 1. The quantitative estimate of drug-likeness (QED) is 0.496. The van der Waals surface area contributed by atoms with Gasteiger partial charge in [0.25, 0.3) is 5.91 Å². The molecular formula is C15H25N5O2. The molecule has 3 N–H and O–H groups in total. The van der Waals surface area contributed by atoms with Gasteiger partial charge in [0.2, 0.25) is 0 Å². The molecule has 0 saturated carbocycles. The maximum absolute atomic E-state index is 12.3. The third-order valence-corrected chi connectivity index (χ3v) is 4.07. The third-order valence-electron chi connectivity index (χ3n) is 4.07.